The molecule has 0 spiro atoms. The fraction of sp³-hybridized carbons (Fsp3) is 0.0714. The summed E-state index contributed by atoms with van der Waals surface area (Å²) in [5, 5.41) is 5.74. The summed E-state index contributed by atoms with van der Waals surface area (Å²) in [6.07, 6.45) is 0. The molecule has 0 atom stereocenters. The van der Waals surface area contributed by atoms with Gasteiger partial charge in [0.05, 0.1) is 16.5 Å². The van der Waals surface area contributed by atoms with Gasteiger partial charge in [-0.1, -0.05) is 24.3 Å². The Balaban J connectivity index is 2.56. The predicted octanol–water partition coefficient (Wildman–Crippen LogP) is 2.85. The van der Waals surface area contributed by atoms with E-state index in [-0.39, 0.29) is 0 Å². The first-order valence-electron chi connectivity index (χ1n) is 5.40. The van der Waals surface area contributed by atoms with E-state index in [9.17, 15) is 0 Å². The summed E-state index contributed by atoms with van der Waals surface area (Å²) in [5.41, 5.74) is 3.50. The second-order valence-electron chi connectivity index (χ2n) is 3.84. The molecule has 2 aromatic carbocycles. The van der Waals surface area contributed by atoms with Crippen molar-refractivity contribution >= 4 is 27.5 Å². The number of H-pyrrole nitrogens is 1. The lowest BCUT2D eigenvalue weighted by Crippen LogP contribution is -2.07. The van der Waals surface area contributed by atoms with Crippen molar-refractivity contribution < 1.29 is 4.98 Å². The largest absolute Gasteiger partial charge is 0.387 e. The molecule has 3 rings (SSSR count). The topological polar surface area (TPSA) is 26.2 Å². The van der Waals surface area contributed by atoms with E-state index < -0.39 is 0 Å². The lowest BCUT2D eigenvalue weighted by atomic mass is 10.1. The van der Waals surface area contributed by atoms with Crippen molar-refractivity contribution in [3.8, 4) is 0 Å². The van der Waals surface area contributed by atoms with Crippen LogP contribution >= 0.6 is 0 Å². The minimum Gasteiger partial charge on any atom is -0.387 e. The van der Waals surface area contributed by atoms with E-state index in [1.807, 2.05) is 19.2 Å². The zero-order chi connectivity index (χ0) is 11.0. The van der Waals surface area contributed by atoms with E-state index in [4.69, 9.17) is 0 Å². The summed E-state index contributed by atoms with van der Waals surface area (Å²) in [7, 11) is 1.97. The maximum absolute atomic E-state index is 3.44. The van der Waals surface area contributed by atoms with Crippen LogP contribution in [-0.4, -0.2) is 7.05 Å². The summed E-state index contributed by atoms with van der Waals surface area (Å²) >= 11 is 0. The van der Waals surface area contributed by atoms with Gasteiger partial charge in [-0.3, -0.25) is 0 Å². The maximum Gasteiger partial charge on any atom is 0.213 e. The Morgan fingerprint density at radius 2 is 1.31 bits per heavy atom. The van der Waals surface area contributed by atoms with E-state index >= 15 is 0 Å². The molecule has 0 fully saturated rings. The van der Waals surface area contributed by atoms with E-state index in [0.29, 0.717) is 0 Å². The van der Waals surface area contributed by atoms with Gasteiger partial charge < -0.3 is 5.32 Å². The van der Waals surface area contributed by atoms with Crippen molar-refractivity contribution in [2.24, 2.45) is 0 Å². The number of para-hydroxylation sites is 2. The van der Waals surface area contributed by atoms with Crippen LogP contribution in [0.3, 0.4) is 0 Å². The molecule has 0 bridgehead atoms. The second-order valence-corrected chi connectivity index (χ2v) is 3.84. The minimum atomic E-state index is 1.16. The lowest BCUT2D eigenvalue weighted by molar-refractivity contribution is -0.310. The molecule has 0 aliphatic rings. The van der Waals surface area contributed by atoms with Gasteiger partial charge in [0.15, 0.2) is 0 Å². The van der Waals surface area contributed by atoms with Crippen LogP contribution in [0.4, 0.5) is 5.69 Å². The fourth-order valence-corrected chi connectivity index (χ4v) is 2.18. The maximum atomic E-state index is 3.44. The average Bonchev–Trinajstić information content (AvgIpc) is 2.36. The fourth-order valence-electron chi connectivity index (χ4n) is 2.18. The van der Waals surface area contributed by atoms with Gasteiger partial charge in [-0.2, -0.15) is 0 Å². The standard InChI is InChI=1S/C14H12N2/c1-15-14-10-6-2-4-8-12(10)16-13-9-5-3-7-11(13)14/h2-9H,1H3,(H,15,16)/p+1. The number of hydrogen-bond acceptors (Lipinski definition) is 1. The molecule has 2 nitrogen and oxygen atoms in total. The van der Waals surface area contributed by atoms with Crippen LogP contribution in [-0.2, 0) is 0 Å². The highest BCUT2D eigenvalue weighted by atomic mass is 14.8. The summed E-state index contributed by atoms with van der Waals surface area (Å²) in [6, 6.07) is 16.7. The van der Waals surface area contributed by atoms with Crippen molar-refractivity contribution in [2.75, 3.05) is 12.4 Å². The summed E-state index contributed by atoms with van der Waals surface area (Å²) in [6.45, 7) is 0. The molecule has 2 N–H and O–H groups in total. The van der Waals surface area contributed by atoms with Crippen LogP contribution < -0.4 is 10.3 Å². The summed E-state index contributed by atoms with van der Waals surface area (Å²) in [4.78, 5) is 3.44. The summed E-state index contributed by atoms with van der Waals surface area (Å²) in [5.74, 6) is 0. The van der Waals surface area contributed by atoms with Crippen molar-refractivity contribution in [2.45, 2.75) is 0 Å². The average molecular weight is 209 g/mol. The number of benzene rings is 2. The molecule has 16 heavy (non-hydrogen) atoms. The Hall–Kier alpha value is -2.09. The van der Waals surface area contributed by atoms with Crippen LogP contribution in [0.25, 0.3) is 21.8 Å². The Bertz CT molecular complexity index is 605. The third-order valence-corrected chi connectivity index (χ3v) is 2.91. The molecule has 0 aliphatic heterocycles. The SMILES string of the molecule is CNc1c2ccccc2[nH+]c2ccccc12. The van der Waals surface area contributed by atoms with Gasteiger partial charge in [0, 0.05) is 19.2 Å². The third-order valence-electron chi connectivity index (χ3n) is 2.91. The smallest absolute Gasteiger partial charge is 0.213 e. The second kappa shape index (κ2) is 3.49. The number of nitrogens with one attached hydrogen (secondary N) is 2. The van der Waals surface area contributed by atoms with Gasteiger partial charge in [0.2, 0.25) is 11.0 Å². The molecule has 0 unspecified atom stereocenters. The monoisotopic (exact) mass is 209 g/mol. The molecular formula is C14H13N2+. The number of aromatic nitrogens is 1. The van der Waals surface area contributed by atoms with Crippen molar-refractivity contribution in [3.63, 3.8) is 0 Å². The number of aromatic amines is 1. The molecule has 0 saturated heterocycles. The molecule has 78 valence electrons. The first kappa shape index (κ1) is 9.16. The van der Waals surface area contributed by atoms with Crippen LogP contribution in [0.1, 0.15) is 0 Å². The Kier molecular flexibility index (Phi) is 2.00. The zero-order valence-corrected chi connectivity index (χ0v) is 9.12. The molecule has 3 aromatic rings. The highest BCUT2D eigenvalue weighted by Gasteiger charge is 2.11. The number of pyridine rings is 1. The van der Waals surface area contributed by atoms with Crippen molar-refractivity contribution in [1.29, 1.82) is 0 Å². The number of anilines is 1. The van der Waals surface area contributed by atoms with Gasteiger partial charge in [-0.15, -0.1) is 0 Å². The summed E-state index contributed by atoms with van der Waals surface area (Å²) < 4.78 is 0. The highest BCUT2D eigenvalue weighted by Crippen LogP contribution is 2.27. The molecule has 0 amide bonds. The van der Waals surface area contributed by atoms with Gasteiger partial charge in [-0.05, 0) is 12.1 Å². The first-order chi connectivity index (χ1) is 7.90. The number of fused-ring (bicyclic) bond motifs is 2. The third kappa shape index (κ3) is 1.23. The molecule has 0 radical (unpaired) electrons. The highest BCUT2D eigenvalue weighted by molar-refractivity contribution is 6.04. The van der Waals surface area contributed by atoms with Crippen LogP contribution in [0.2, 0.25) is 0 Å². The van der Waals surface area contributed by atoms with Crippen LogP contribution in [0, 0.1) is 0 Å². The molecule has 1 aromatic heterocycles. The normalized spacial score (nSPS) is 10.8. The van der Waals surface area contributed by atoms with E-state index in [1.54, 1.807) is 0 Å². The Labute approximate surface area is 93.9 Å². The number of rotatable bonds is 1. The van der Waals surface area contributed by atoms with Gasteiger partial charge in [-0.25, -0.2) is 4.98 Å². The van der Waals surface area contributed by atoms with Gasteiger partial charge >= 0.3 is 0 Å². The molecular weight excluding hydrogens is 196 g/mol. The number of hydrogen-bond donors (Lipinski definition) is 1. The quantitative estimate of drug-likeness (QED) is 0.613. The minimum absolute atomic E-state index is 1.16. The van der Waals surface area contributed by atoms with Gasteiger partial charge in [0.1, 0.15) is 0 Å². The van der Waals surface area contributed by atoms with Crippen LogP contribution in [0.5, 0.6) is 0 Å². The molecule has 0 aliphatic carbocycles. The van der Waals surface area contributed by atoms with Crippen molar-refractivity contribution in [1.82, 2.24) is 0 Å². The van der Waals surface area contributed by atoms with Crippen LogP contribution in [0.15, 0.2) is 48.5 Å². The predicted molar refractivity (Wildman–Crippen MR) is 67.6 cm³/mol. The van der Waals surface area contributed by atoms with E-state index in [0.717, 1.165) is 11.0 Å². The Morgan fingerprint density at radius 1 is 0.812 bits per heavy atom. The Morgan fingerprint density at radius 3 is 1.81 bits per heavy atom. The molecule has 0 saturated carbocycles. The van der Waals surface area contributed by atoms with Gasteiger partial charge in [0.25, 0.3) is 0 Å². The van der Waals surface area contributed by atoms with E-state index in [1.165, 1.54) is 16.5 Å². The van der Waals surface area contributed by atoms with Crippen molar-refractivity contribution in [3.05, 3.63) is 48.5 Å². The lowest BCUT2D eigenvalue weighted by Gasteiger charge is -2.05. The first-order valence-corrected chi connectivity index (χ1v) is 5.40. The zero-order valence-electron chi connectivity index (χ0n) is 9.12. The van der Waals surface area contributed by atoms with E-state index in [2.05, 4.69) is 46.7 Å². The molecule has 2 heteroatoms. The molecule has 1 heterocycles.